The van der Waals surface area contributed by atoms with Gasteiger partial charge in [0.2, 0.25) is 5.91 Å². The van der Waals surface area contributed by atoms with Gasteiger partial charge in [-0.25, -0.2) is 0 Å². The summed E-state index contributed by atoms with van der Waals surface area (Å²) in [6.45, 7) is 0. The molecule has 72 valence electrons. The van der Waals surface area contributed by atoms with Crippen molar-refractivity contribution in [1.82, 2.24) is 5.32 Å². The van der Waals surface area contributed by atoms with Crippen LogP contribution in [-0.2, 0) is 9.59 Å². The highest BCUT2D eigenvalue weighted by atomic mass is 16.4. The quantitative estimate of drug-likeness (QED) is 0.650. The normalized spacial score (nSPS) is 37.2. The Balaban J connectivity index is 1.90. The van der Waals surface area contributed by atoms with Gasteiger partial charge in [0.1, 0.15) is 0 Å². The Bertz CT molecular complexity index is 235. The van der Waals surface area contributed by atoms with Crippen molar-refractivity contribution >= 4 is 11.9 Å². The summed E-state index contributed by atoms with van der Waals surface area (Å²) in [5.74, 6) is 0.0741. The highest BCUT2D eigenvalue weighted by Gasteiger charge is 2.41. The van der Waals surface area contributed by atoms with E-state index in [0.29, 0.717) is 12.3 Å². The van der Waals surface area contributed by atoms with E-state index in [9.17, 15) is 9.59 Å². The van der Waals surface area contributed by atoms with Crippen molar-refractivity contribution in [2.75, 3.05) is 0 Å². The zero-order valence-electron chi connectivity index (χ0n) is 7.32. The lowest BCUT2D eigenvalue weighted by Crippen LogP contribution is -2.26. The second kappa shape index (κ2) is 3.01. The molecule has 4 heteroatoms. The van der Waals surface area contributed by atoms with E-state index in [1.165, 1.54) is 0 Å². The Morgan fingerprint density at radius 3 is 2.92 bits per heavy atom. The lowest BCUT2D eigenvalue weighted by molar-refractivity contribution is -0.138. The van der Waals surface area contributed by atoms with Crippen molar-refractivity contribution in [2.24, 2.45) is 11.8 Å². The fraction of sp³-hybridized carbons (Fsp3) is 0.778. The molecule has 1 aliphatic heterocycles. The summed E-state index contributed by atoms with van der Waals surface area (Å²) >= 11 is 0. The highest BCUT2D eigenvalue weighted by molar-refractivity contribution is 5.79. The molecule has 13 heavy (non-hydrogen) atoms. The van der Waals surface area contributed by atoms with Gasteiger partial charge in [0.05, 0.1) is 0 Å². The van der Waals surface area contributed by atoms with Gasteiger partial charge in [-0.15, -0.1) is 0 Å². The van der Waals surface area contributed by atoms with Crippen molar-refractivity contribution in [3.63, 3.8) is 0 Å². The molecule has 3 atom stereocenters. The smallest absolute Gasteiger partial charge is 0.303 e. The van der Waals surface area contributed by atoms with Crippen LogP contribution in [0.3, 0.4) is 0 Å². The van der Waals surface area contributed by atoms with Gasteiger partial charge in [-0.1, -0.05) is 0 Å². The highest BCUT2D eigenvalue weighted by Crippen LogP contribution is 2.38. The minimum absolute atomic E-state index is 0.128. The zero-order valence-corrected chi connectivity index (χ0v) is 7.32. The topological polar surface area (TPSA) is 66.4 Å². The predicted molar refractivity (Wildman–Crippen MR) is 45.0 cm³/mol. The first-order valence-corrected chi connectivity index (χ1v) is 4.66. The molecule has 1 aliphatic carbocycles. The van der Waals surface area contributed by atoms with Crippen molar-refractivity contribution in [3.8, 4) is 0 Å². The van der Waals surface area contributed by atoms with E-state index >= 15 is 0 Å². The van der Waals surface area contributed by atoms with E-state index in [1.54, 1.807) is 0 Å². The standard InChI is InChI=1S/C9H13NO3/c11-8-4-6-1-5(3-9(12)13)2-7(6)10-8/h5-7H,1-4H2,(H,10,11)(H,12,13). The summed E-state index contributed by atoms with van der Waals surface area (Å²) in [6, 6.07) is 0.261. The molecule has 0 aromatic carbocycles. The fourth-order valence-electron chi connectivity index (χ4n) is 2.56. The Kier molecular flexibility index (Phi) is 1.98. The van der Waals surface area contributed by atoms with Crippen molar-refractivity contribution in [2.45, 2.75) is 31.7 Å². The SMILES string of the molecule is O=C(O)CC1CC2CC(=O)NC2C1. The summed E-state index contributed by atoms with van der Waals surface area (Å²) in [7, 11) is 0. The summed E-state index contributed by atoms with van der Waals surface area (Å²) in [5, 5.41) is 11.5. The molecule has 0 aromatic heterocycles. The molecule has 1 amide bonds. The molecule has 3 unspecified atom stereocenters. The lowest BCUT2D eigenvalue weighted by Gasteiger charge is -2.07. The van der Waals surface area contributed by atoms with Gasteiger partial charge in [0.25, 0.3) is 0 Å². The molecule has 0 spiro atoms. The Morgan fingerprint density at radius 2 is 2.31 bits per heavy atom. The number of hydrogen-bond acceptors (Lipinski definition) is 2. The Hall–Kier alpha value is -1.06. The number of carboxylic acids is 1. The molecule has 2 N–H and O–H groups in total. The molecule has 1 saturated heterocycles. The maximum Gasteiger partial charge on any atom is 0.303 e. The number of hydrogen-bond donors (Lipinski definition) is 2. The first kappa shape index (κ1) is 8.53. The van der Waals surface area contributed by atoms with E-state index < -0.39 is 5.97 Å². The van der Waals surface area contributed by atoms with E-state index in [4.69, 9.17) is 5.11 Å². The number of carbonyl (C=O) groups is 2. The lowest BCUT2D eigenvalue weighted by atomic mass is 10.0. The van der Waals surface area contributed by atoms with Gasteiger partial charge >= 0.3 is 5.97 Å². The van der Waals surface area contributed by atoms with E-state index in [0.717, 1.165) is 12.8 Å². The minimum atomic E-state index is -0.726. The second-order valence-corrected chi connectivity index (χ2v) is 4.07. The van der Waals surface area contributed by atoms with Crippen LogP contribution in [0.4, 0.5) is 0 Å². The molecule has 2 aliphatic rings. The van der Waals surface area contributed by atoms with Gasteiger partial charge in [0, 0.05) is 18.9 Å². The van der Waals surface area contributed by atoms with Crippen LogP contribution in [0.2, 0.25) is 0 Å². The van der Waals surface area contributed by atoms with Crippen molar-refractivity contribution < 1.29 is 14.7 Å². The van der Waals surface area contributed by atoms with Crippen molar-refractivity contribution in [3.05, 3.63) is 0 Å². The molecule has 0 radical (unpaired) electrons. The summed E-state index contributed by atoms with van der Waals surface area (Å²) in [5.41, 5.74) is 0. The third-order valence-electron chi connectivity index (χ3n) is 3.05. The Labute approximate surface area is 76.3 Å². The number of amides is 1. The number of aliphatic carboxylic acids is 1. The van der Waals surface area contributed by atoms with Gasteiger partial charge in [0.15, 0.2) is 0 Å². The van der Waals surface area contributed by atoms with Gasteiger partial charge in [-0.3, -0.25) is 9.59 Å². The summed E-state index contributed by atoms with van der Waals surface area (Å²) in [6.07, 6.45) is 2.60. The maximum atomic E-state index is 11.0. The second-order valence-electron chi connectivity index (χ2n) is 4.07. The monoisotopic (exact) mass is 183 g/mol. The average Bonchev–Trinajstić information content (AvgIpc) is 2.41. The summed E-state index contributed by atoms with van der Waals surface area (Å²) < 4.78 is 0. The van der Waals surface area contributed by atoms with Crippen LogP contribution < -0.4 is 5.32 Å². The molecule has 0 aromatic rings. The van der Waals surface area contributed by atoms with Crippen LogP contribution >= 0.6 is 0 Å². The first-order valence-electron chi connectivity index (χ1n) is 4.66. The van der Waals surface area contributed by atoms with Gasteiger partial charge < -0.3 is 10.4 Å². The Morgan fingerprint density at radius 1 is 1.54 bits per heavy atom. The summed E-state index contributed by atoms with van der Waals surface area (Å²) in [4.78, 5) is 21.4. The van der Waals surface area contributed by atoms with E-state index in [1.807, 2.05) is 0 Å². The third kappa shape index (κ3) is 1.66. The largest absolute Gasteiger partial charge is 0.481 e. The van der Waals surface area contributed by atoms with Gasteiger partial charge in [-0.05, 0) is 24.7 Å². The average molecular weight is 183 g/mol. The number of nitrogens with one attached hydrogen (secondary N) is 1. The number of carbonyl (C=O) groups excluding carboxylic acids is 1. The molecule has 1 saturated carbocycles. The van der Waals surface area contributed by atoms with E-state index in [2.05, 4.69) is 5.32 Å². The molecule has 0 bridgehead atoms. The van der Waals surface area contributed by atoms with Crippen LogP contribution in [0.1, 0.15) is 25.7 Å². The molecule has 4 nitrogen and oxygen atoms in total. The molecular formula is C9H13NO3. The fourth-order valence-corrected chi connectivity index (χ4v) is 2.56. The van der Waals surface area contributed by atoms with Crippen LogP contribution in [0.15, 0.2) is 0 Å². The molecule has 2 fully saturated rings. The number of fused-ring (bicyclic) bond motifs is 1. The van der Waals surface area contributed by atoms with Crippen LogP contribution in [0.25, 0.3) is 0 Å². The molecule has 1 heterocycles. The van der Waals surface area contributed by atoms with Crippen LogP contribution in [0.5, 0.6) is 0 Å². The minimum Gasteiger partial charge on any atom is -0.481 e. The van der Waals surface area contributed by atoms with Gasteiger partial charge in [-0.2, -0.15) is 0 Å². The zero-order chi connectivity index (χ0) is 9.42. The van der Waals surface area contributed by atoms with Crippen LogP contribution in [-0.4, -0.2) is 23.0 Å². The molecular weight excluding hydrogens is 170 g/mol. The molecule has 2 rings (SSSR count). The van der Waals surface area contributed by atoms with E-state index in [-0.39, 0.29) is 24.3 Å². The first-order chi connectivity index (χ1) is 6.15. The third-order valence-corrected chi connectivity index (χ3v) is 3.05. The maximum absolute atomic E-state index is 11.0. The van der Waals surface area contributed by atoms with Crippen molar-refractivity contribution in [1.29, 1.82) is 0 Å². The number of carboxylic acid groups (broad SMARTS) is 1. The predicted octanol–water partition coefficient (Wildman–Crippen LogP) is 0.376. The van der Waals surface area contributed by atoms with Crippen LogP contribution in [0, 0.1) is 11.8 Å². The number of rotatable bonds is 2.